The van der Waals surface area contributed by atoms with Crippen molar-refractivity contribution in [1.82, 2.24) is 0 Å². The molecule has 0 spiro atoms. The second-order valence-corrected chi connectivity index (χ2v) is 4.47. The number of hydrogen-bond acceptors (Lipinski definition) is 6. The smallest absolute Gasteiger partial charge is 0.346 e. The van der Waals surface area contributed by atoms with E-state index in [4.69, 9.17) is 0 Å². The lowest BCUT2D eigenvalue weighted by Gasteiger charge is -2.12. The van der Waals surface area contributed by atoms with Crippen molar-refractivity contribution >= 4 is 17.7 Å². The third-order valence-electron chi connectivity index (χ3n) is 2.72. The first kappa shape index (κ1) is 16.6. The van der Waals surface area contributed by atoms with Gasteiger partial charge in [-0.3, -0.25) is 10.1 Å². The minimum Gasteiger partial charge on any atom is -0.464 e. The molecule has 0 saturated heterocycles. The monoisotopic (exact) mass is 294 g/mol. The van der Waals surface area contributed by atoms with E-state index in [1.165, 1.54) is 0 Å². The number of ether oxygens (including phenoxy) is 1. The Labute approximate surface area is 122 Å². The highest BCUT2D eigenvalue weighted by Crippen LogP contribution is 2.16. The predicted molar refractivity (Wildman–Crippen MR) is 78.4 cm³/mol. The molecule has 0 aliphatic heterocycles. The SMILES string of the molecule is CCOC(=O)[C@@H](O)/C(=C\c1ccc(N(C)C)cc1)[N+](=O)[O-]. The summed E-state index contributed by atoms with van der Waals surface area (Å²) in [5, 5.41) is 20.7. The molecule has 0 heterocycles. The maximum atomic E-state index is 11.4. The molecule has 0 bridgehead atoms. The van der Waals surface area contributed by atoms with Crippen molar-refractivity contribution in [2.45, 2.75) is 13.0 Å². The first-order valence-electron chi connectivity index (χ1n) is 6.35. The van der Waals surface area contributed by atoms with Crippen molar-refractivity contribution in [3.63, 3.8) is 0 Å². The number of hydrogen-bond donors (Lipinski definition) is 1. The largest absolute Gasteiger partial charge is 0.464 e. The Morgan fingerprint density at radius 3 is 2.43 bits per heavy atom. The van der Waals surface area contributed by atoms with Crippen LogP contribution in [0, 0.1) is 10.1 Å². The number of aliphatic hydroxyl groups is 1. The molecule has 7 heteroatoms. The van der Waals surface area contributed by atoms with Crippen LogP contribution < -0.4 is 4.90 Å². The van der Waals surface area contributed by atoms with Gasteiger partial charge in [-0.1, -0.05) is 12.1 Å². The van der Waals surface area contributed by atoms with Crippen LogP contribution in [-0.4, -0.2) is 42.8 Å². The number of nitrogens with zero attached hydrogens (tertiary/aromatic N) is 2. The van der Waals surface area contributed by atoms with Gasteiger partial charge in [0.25, 0.3) is 5.70 Å². The summed E-state index contributed by atoms with van der Waals surface area (Å²) in [5.74, 6) is -1.04. The van der Waals surface area contributed by atoms with Gasteiger partial charge < -0.3 is 14.7 Å². The Balaban J connectivity index is 3.04. The molecule has 1 atom stereocenters. The summed E-state index contributed by atoms with van der Waals surface area (Å²) in [6, 6.07) is 6.88. The quantitative estimate of drug-likeness (QED) is 0.483. The lowest BCUT2D eigenvalue weighted by Crippen LogP contribution is -2.28. The van der Waals surface area contributed by atoms with Crippen LogP contribution in [0.4, 0.5) is 5.69 Å². The van der Waals surface area contributed by atoms with E-state index in [0.717, 1.165) is 11.8 Å². The van der Waals surface area contributed by atoms with Crippen molar-refractivity contribution in [2.24, 2.45) is 0 Å². The van der Waals surface area contributed by atoms with Crippen LogP contribution in [0.3, 0.4) is 0 Å². The first-order valence-corrected chi connectivity index (χ1v) is 6.35. The Bertz CT molecular complexity index is 537. The molecule has 0 fully saturated rings. The number of rotatable bonds is 6. The molecule has 1 aromatic carbocycles. The molecule has 0 radical (unpaired) electrons. The maximum absolute atomic E-state index is 11.4. The van der Waals surface area contributed by atoms with Gasteiger partial charge >= 0.3 is 5.97 Å². The van der Waals surface area contributed by atoms with Crippen molar-refractivity contribution in [1.29, 1.82) is 0 Å². The maximum Gasteiger partial charge on any atom is 0.346 e. The number of anilines is 1. The molecular weight excluding hydrogens is 276 g/mol. The van der Waals surface area contributed by atoms with Gasteiger partial charge in [0, 0.05) is 25.9 Å². The summed E-state index contributed by atoms with van der Waals surface area (Å²) >= 11 is 0. The minimum atomic E-state index is -1.91. The zero-order chi connectivity index (χ0) is 16.0. The zero-order valence-corrected chi connectivity index (χ0v) is 12.1. The Hall–Kier alpha value is -2.41. The highest BCUT2D eigenvalue weighted by molar-refractivity contribution is 5.79. The molecule has 21 heavy (non-hydrogen) atoms. The van der Waals surface area contributed by atoms with E-state index < -0.39 is 22.7 Å². The average Bonchev–Trinajstić information content (AvgIpc) is 2.44. The third kappa shape index (κ3) is 4.57. The van der Waals surface area contributed by atoms with Gasteiger partial charge in [-0.15, -0.1) is 0 Å². The second kappa shape index (κ2) is 7.39. The Kier molecular flexibility index (Phi) is 5.86. The van der Waals surface area contributed by atoms with Gasteiger partial charge in [0.05, 0.1) is 11.5 Å². The normalized spacial score (nSPS) is 12.7. The molecular formula is C14H18N2O5. The summed E-state index contributed by atoms with van der Waals surface area (Å²) in [6.07, 6.45) is -0.755. The van der Waals surface area contributed by atoms with Crippen molar-refractivity contribution in [2.75, 3.05) is 25.6 Å². The molecule has 0 aromatic heterocycles. The summed E-state index contributed by atoms with van der Waals surface area (Å²) in [4.78, 5) is 23.5. The van der Waals surface area contributed by atoms with Crippen LogP contribution in [0.15, 0.2) is 30.0 Å². The van der Waals surface area contributed by atoms with Crippen LogP contribution in [0.25, 0.3) is 6.08 Å². The number of benzene rings is 1. The topological polar surface area (TPSA) is 92.9 Å². The third-order valence-corrected chi connectivity index (χ3v) is 2.72. The summed E-state index contributed by atoms with van der Waals surface area (Å²) in [5.41, 5.74) is 0.822. The van der Waals surface area contributed by atoms with Crippen molar-refractivity contribution < 1.29 is 19.6 Å². The fourth-order valence-corrected chi connectivity index (χ4v) is 1.61. The van der Waals surface area contributed by atoms with Gasteiger partial charge in [-0.25, -0.2) is 4.79 Å². The minimum absolute atomic E-state index is 0.0401. The van der Waals surface area contributed by atoms with Crippen LogP contribution in [0.2, 0.25) is 0 Å². The zero-order valence-electron chi connectivity index (χ0n) is 12.1. The summed E-state index contributed by atoms with van der Waals surface area (Å²) in [6.45, 7) is 1.60. The average molecular weight is 294 g/mol. The first-order chi connectivity index (χ1) is 9.86. The number of carbonyl (C=O) groups is 1. The van der Waals surface area contributed by atoms with Gasteiger partial charge in [0.15, 0.2) is 0 Å². The molecule has 0 amide bonds. The van der Waals surface area contributed by atoms with Crippen LogP contribution in [-0.2, 0) is 9.53 Å². The van der Waals surface area contributed by atoms with Crippen LogP contribution in [0.1, 0.15) is 12.5 Å². The number of aliphatic hydroxyl groups excluding tert-OH is 1. The Morgan fingerprint density at radius 1 is 1.43 bits per heavy atom. The van der Waals surface area contributed by atoms with Crippen molar-refractivity contribution in [3.8, 4) is 0 Å². The predicted octanol–water partition coefficient (Wildman–Crippen LogP) is 1.29. The lowest BCUT2D eigenvalue weighted by atomic mass is 10.1. The number of carbonyl (C=O) groups excluding carboxylic acids is 1. The second-order valence-electron chi connectivity index (χ2n) is 4.47. The fraction of sp³-hybridized carbons (Fsp3) is 0.357. The van der Waals surface area contributed by atoms with E-state index in [9.17, 15) is 20.0 Å². The lowest BCUT2D eigenvalue weighted by molar-refractivity contribution is -0.432. The van der Waals surface area contributed by atoms with E-state index in [1.807, 2.05) is 19.0 Å². The molecule has 0 saturated carbocycles. The fourth-order valence-electron chi connectivity index (χ4n) is 1.61. The molecule has 0 unspecified atom stereocenters. The molecule has 0 aliphatic rings. The number of esters is 1. The molecule has 114 valence electrons. The molecule has 0 aliphatic carbocycles. The van der Waals surface area contributed by atoms with Crippen LogP contribution in [0.5, 0.6) is 0 Å². The van der Waals surface area contributed by atoms with Crippen LogP contribution >= 0.6 is 0 Å². The highest BCUT2D eigenvalue weighted by Gasteiger charge is 2.30. The van der Waals surface area contributed by atoms with E-state index in [-0.39, 0.29) is 6.61 Å². The van der Waals surface area contributed by atoms with E-state index in [2.05, 4.69) is 4.74 Å². The molecule has 7 nitrogen and oxygen atoms in total. The van der Waals surface area contributed by atoms with Gasteiger partial charge in [-0.05, 0) is 24.6 Å². The van der Waals surface area contributed by atoms with E-state index in [1.54, 1.807) is 31.2 Å². The number of nitro groups is 1. The summed E-state index contributed by atoms with van der Waals surface area (Å²) < 4.78 is 4.58. The molecule has 1 rings (SSSR count). The standard InChI is InChI=1S/C14H18N2O5/c1-4-21-14(18)13(17)12(16(19)20)9-10-5-7-11(8-6-10)15(2)3/h5-9,13,17H,4H2,1-3H3/b12-9+/t13-/m0/s1. The van der Waals surface area contributed by atoms with Crippen molar-refractivity contribution in [3.05, 3.63) is 45.6 Å². The van der Waals surface area contributed by atoms with Gasteiger partial charge in [-0.2, -0.15) is 0 Å². The van der Waals surface area contributed by atoms with Gasteiger partial charge in [0.1, 0.15) is 0 Å². The van der Waals surface area contributed by atoms with Gasteiger partial charge in [0.2, 0.25) is 6.10 Å². The molecule has 1 N–H and O–H groups in total. The Morgan fingerprint density at radius 2 is 2.00 bits per heavy atom. The van der Waals surface area contributed by atoms with E-state index in [0.29, 0.717) is 5.56 Å². The summed E-state index contributed by atoms with van der Waals surface area (Å²) in [7, 11) is 3.75. The highest BCUT2D eigenvalue weighted by atomic mass is 16.6. The van der Waals surface area contributed by atoms with E-state index >= 15 is 0 Å². The molecule has 1 aromatic rings.